The number of amides is 2. The number of rotatable bonds is 8. The molecule has 0 spiro atoms. The molecule has 2 amide bonds. The number of hydrogen-bond acceptors (Lipinski definition) is 5. The van der Waals surface area contributed by atoms with Crippen molar-refractivity contribution in [2.45, 2.75) is 25.9 Å². The van der Waals surface area contributed by atoms with Crippen LogP contribution in [0.5, 0.6) is 11.5 Å². The lowest BCUT2D eigenvalue weighted by molar-refractivity contribution is 0.176. The summed E-state index contributed by atoms with van der Waals surface area (Å²) in [6.45, 7) is 4.41. The minimum absolute atomic E-state index is 0.129. The number of methoxy groups -OCH3 is 2. The van der Waals surface area contributed by atoms with Crippen molar-refractivity contribution >= 4 is 17.4 Å². The fraction of sp³-hybridized carbons (Fsp3) is 0.476. The molecule has 1 aromatic heterocycles. The van der Waals surface area contributed by atoms with E-state index in [4.69, 9.17) is 9.47 Å². The summed E-state index contributed by atoms with van der Waals surface area (Å²) in [5.41, 5.74) is 0.967. The smallest absolute Gasteiger partial charge is 0.315 e. The molecule has 0 aliphatic carbocycles. The lowest BCUT2D eigenvalue weighted by Crippen LogP contribution is -2.41. The van der Waals surface area contributed by atoms with Crippen LogP contribution in [0.1, 0.15) is 23.3 Å². The molecule has 0 bridgehead atoms. The van der Waals surface area contributed by atoms with Gasteiger partial charge in [0.15, 0.2) is 11.5 Å². The van der Waals surface area contributed by atoms with Crippen LogP contribution < -0.4 is 20.1 Å². The van der Waals surface area contributed by atoms with Gasteiger partial charge in [0.2, 0.25) is 0 Å². The zero-order valence-electron chi connectivity index (χ0n) is 16.6. The summed E-state index contributed by atoms with van der Waals surface area (Å²) in [6.07, 6.45) is 2.25. The lowest BCUT2D eigenvalue weighted by atomic mass is 9.97. The number of likely N-dealkylation sites (tertiary alicyclic amines) is 1. The summed E-state index contributed by atoms with van der Waals surface area (Å²) in [4.78, 5) is 16.0. The molecule has 2 N–H and O–H groups in total. The van der Waals surface area contributed by atoms with Crippen molar-refractivity contribution in [2.75, 3.05) is 33.9 Å². The van der Waals surface area contributed by atoms with E-state index >= 15 is 0 Å². The van der Waals surface area contributed by atoms with E-state index in [1.807, 2.05) is 29.5 Å². The van der Waals surface area contributed by atoms with E-state index < -0.39 is 0 Å². The first-order valence-electron chi connectivity index (χ1n) is 9.65. The standard InChI is InChI=1S/C21H29N3O3S/c1-26-19-6-5-17(12-20(19)27-2)14-23-21(25)22-13-16-7-9-24(10-8-16)15-18-4-3-11-28-18/h3-6,11-12,16H,7-10,13-15H2,1-2H3,(H2,22,23,25). The average molecular weight is 404 g/mol. The van der Waals surface area contributed by atoms with Gasteiger partial charge in [0.05, 0.1) is 14.2 Å². The molecule has 1 aliphatic heterocycles. The first kappa shape index (κ1) is 20.5. The van der Waals surface area contributed by atoms with E-state index in [2.05, 4.69) is 33.0 Å². The number of piperidine rings is 1. The van der Waals surface area contributed by atoms with Gasteiger partial charge in [-0.2, -0.15) is 0 Å². The van der Waals surface area contributed by atoms with Crippen LogP contribution in [-0.4, -0.2) is 44.8 Å². The van der Waals surface area contributed by atoms with Gasteiger partial charge >= 0.3 is 6.03 Å². The number of urea groups is 1. The summed E-state index contributed by atoms with van der Waals surface area (Å²) < 4.78 is 10.5. The highest BCUT2D eigenvalue weighted by atomic mass is 32.1. The molecular weight excluding hydrogens is 374 g/mol. The fourth-order valence-corrected chi connectivity index (χ4v) is 4.19. The molecule has 0 saturated carbocycles. The minimum Gasteiger partial charge on any atom is -0.493 e. The molecule has 3 rings (SSSR count). The number of thiophene rings is 1. The van der Waals surface area contributed by atoms with Gasteiger partial charge in [-0.15, -0.1) is 11.3 Å². The van der Waals surface area contributed by atoms with Gasteiger partial charge in [0, 0.05) is 24.5 Å². The van der Waals surface area contributed by atoms with Crippen LogP contribution in [0.3, 0.4) is 0 Å². The van der Waals surface area contributed by atoms with E-state index in [9.17, 15) is 4.79 Å². The number of ether oxygens (including phenoxy) is 2. The number of carbonyl (C=O) groups excluding carboxylic acids is 1. The van der Waals surface area contributed by atoms with Crippen LogP contribution in [0.25, 0.3) is 0 Å². The van der Waals surface area contributed by atoms with Gasteiger partial charge in [-0.3, -0.25) is 4.90 Å². The Morgan fingerprint density at radius 1 is 1.14 bits per heavy atom. The normalized spacial score (nSPS) is 15.2. The van der Waals surface area contributed by atoms with Crippen LogP contribution in [0.15, 0.2) is 35.7 Å². The van der Waals surface area contributed by atoms with Crippen molar-refractivity contribution in [2.24, 2.45) is 5.92 Å². The molecule has 2 heterocycles. The maximum absolute atomic E-state index is 12.1. The highest BCUT2D eigenvalue weighted by molar-refractivity contribution is 7.09. The minimum atomic E-state index is -0.129. The molecule has 1 saturated heterocycles. The van der Waals surface area contributed by atoms with Crippen LogP contribution in [0.4, 0.5) is 4.79 Å². The van der Waals surface area contributed by atoms with Crippen molar-refractivity contribution in [3.05, 3.63) is 46.2 Å². The Kier molecular flexibility index (Phi) is 7.56. The Hall–Kier alpha value is -2.25. The van der Waals surface area contributed by atoms with Gasteiger partial charge < -0.3 is 20.1 Å². The Balaban J connectivity index is 1.35. The van der Waals surface area contributed by atoms with E-state index in [-0.39, 0.29) is 6.03 Å². The van der Waals surface area contributed by atoms with Gasteiger partial charge in [0.1, 0.15) is 0 Å². The second-order valence-corrected chi connectivity index (χ2v) is 8.08. The fourth-order valence-electron chi connectivity index (χ4n) is 3.44. The summed E-state index contributed by atoms with van der Waals surface area (Å²) in [6, 6.07) is 9.82. The quantitative estimate of drug-likeness (QED) is 0.708. The molecule has 6 nitrogen and oxygen atoms in total. The Morgan fingerprint density at radius 3 is 2.61 bits per heavy atom. The van der Waals surface area contributed by atoms with Crippen LogP contribution in [0.2, 0.25) is 0 Å². The summed E-state index contributed by atoms with van der Waals surface area (Å²) in [5, 5.41) is 8.05. The van der Waals surface area contributed by atoms with Gasteiger partial charge in [-0.25, -0.2) is 4.79 Å². The monoisotopic (exact) mass is 403 g/mol. The average Bonchev–Trinajstić information content (AvgIpc) is 3.24. The summed E-state index contributed by atoms with van der Waals surface area (Å²) in [7, 11) is 3.21. The van der Waals surface area contributed by atoms with Crippen LogP contribution >= 0.6 is 11.3 Å². The maximum Gasteiger partial charge on any atom is 0.315 e. The second-order valence-electron chi connectivity index (χ2n) is 7.05. The topological polar surface area (TPSA) is 62.8 Å². The third-order valence-electron chi connectivity index (χ3n) is 5.12. The summed E-state index contributed by atoms with van der Waals surface area (Å²) in [5.74, 6) is 1.89. The first-order chi connectivity index (χ1) is 13.7. The zero-order chi connectivity index (χ0) is 19.8. The lowest BCUT2D eigenvalue weighted by Gasteiger charge is -2.31. The zero-order valence-corrected chi connectivity index (χ0v) is 17.4. The number of carbonyl (C=O) groups is 1. The summed E-state index contributed by atoms with van der Waals surface area (Å²) >= 11 is 1.82. The Labute approximate surface area is 170 Å². The van der Waals surface area contributed by atoms with E-state index in [0.717, 1.165) is 44.6 Å². The predicted octanol–water partition coefficient (Wildman–Crippen LogP) is 3.48. The van der Waals surface area contributed by atoms with Crippen LogP contribution in [0, 0.1) is 5.92 Å². The number of nitrogens with zero attached hydrogens (tertiary/aromatic N) is 1. The number of benzene rings is 1. The van der Waals surface area contributed by atoms with Gasteiger partial charge in [0.25, 0.3) is 0 Å². The maximum atomic E-state index is 12.1. The molecule has 0 unspecified atom stereocenters. The largest absolute Gasteiger partial charge is 0.493 e. The second kappa shape index (κ2) is 10.3. The van der Waals surface area contributed by atoms with Gasteiger partial charge in [-0.1, -0.05) is 12.1 Å². The Bertz CT molecular complexity index is 743. The number of hydrogen-bond donors (Lipinski definition) is 2. The van der Waals surface area contributed by atoms with Crippen molar-refractivity contribution < 1.29 is 14.3 Å². The molecule has 1 fully saturated rings. The molecule has 1 aliphatic rings. The SMILES string of the molecule is COc1ccc(CNC(=O)NCC2CCN(Cc3cccs3)CC2)cc1OC. The highest BCUT2D eigenvalue weighted by Gasteiger charge is 2.20. The predicted molar refractivity (Wildman–Crippen MR) is 112 cm³/mol. The highest BCUT2D eigenvalue weighted by Crippen LogP contribution is 2.27. The molecule has 0 atom stereocenters. The van der Waals surface area contributed by atoms with Crippen LogP contribution in [-0.2, 0) is 13.1 Å². The van der Waals surface area contributed by atoms with E-state index in [0.29, 0.717) is 24.0 Å². The van der Waals surface area contributed by atoms with E-state index in [1.54, 1.807) is 14.2 Å². The first-order valence-corrected chi connectivity index (χ1v) is 10.5. The third kappa shape index (κ3) is 5.87. The van der Waals surface area contributed by atoms with E-state index in [1.165, 1.54) is 4.88 Å². The molecule has 7 heteroatoms. The van der Waals surface area contributed by atoms with Crippen molar-refractivity contribution in [1.82, 2.24) is 15.5 Å². The Morgan fingerprint density at radius 2 is 1.93 bits per heavy atom. The van der Waals surface area contributed by atoms with Gasteiger partial charge in [-0.05, 0) is 61.0 Å². The molecule has 0 radical (unpaired) electrons. The van der Waals surface area contributed by atoms with Crippen molar-refractivity contribution in [3.63, 3.8) is 0 Å². The third-order valence-corrected chi connectivity index (χ3v) is 5.98. The molecular formula is C21H29N3O3S. The molecule has 152 valence electrons. The molecule has 2 aromatic rings. The van der Waals surface area contributed by atoms with Crippen molar-refractivity contribution in [3.8, 4) is 11.5 Å². The molecule has 1 aromatic carbocycles. The number of nitrogens with one attached hydrogen (secondary N) is 2. The molecule has 28 heavy (non-hydrogen) atoms. The van der Waals surface area contributed by atoms with Crippen molar-refractivity contribution in [1.29, 1.82) is 0 Å².